The van der Waals surface area contributed by atoms with Gasteiger partial charge in [-0.15, -0.1) is 0 Å². The van der Waals surface area contributed by atoms with E-state index in [1.165, 1.54) is 5.57 Å². The van der Waals surface area contributed by atoms with Crippen molar-refractivity contribution in [2.24, 2.45) is 5.92 Å². The number of aldehydes is 1. The van der Waals surface area contributed by atoms with Gasteiger partial charge in [0, 0.05) is 30.7 Å². The molecule has 0 bridgehead atoms. The van der Waals surface area contributed by atoms with Crippen molar-refractivity contribution < 1.29 is 9.53 Å². The first kappa shape index (κ1) is 9.46. The summed E-state index contributed by atoms with van der Waals surface area (Å²) in [5, 5.41) is 0. The van der Waals surface area contributed by atoms with Crippen LogP contribution in [0.5, 0.6) is 0 Å². The summed E-state index contributed by atoms with van der Waals surface area (Å²) in [7, 11) is 2.01. The van der Waals surface area contributed by atoms with E-state index in [4.69, 9.17) is 4.74 Å². The molecule has 0 amide bonds. The highest BCUT2D eigenvalue weighted by Gasteiger charge is 2.35. The molecule has 0 radical (unpaired) electrons. The standard InChI is InChI=1S/C13H13NO2/c1-14-6-5-9-3-2-4-11-13(9)10(7-14)12(8-15)16-11/h2-6,8-9,12H,7H2,1H3. The Hall–Kier alpha value is -1.77. The molecule has 2 unspecified atom stereocenters. The molecule has 3 aliphatic rings. The first-order chi connectivity index (χ1) is 7.79. The average Bonchev–Trinajstić information content (AvgIpc) is 2.55. The van der Waals surface area contributed by atoms with Crippen LogP contribution >= 0.6 is 0 Å². The molecule has 0 spiro atoms. The second-order valence-electron chi connectivity index (χ2n) is 4.31. The lowest BCUT2D eigenvalue weighted by Gasteiger charge is -2.15. The maximum absolute atomic E-state index is 11.0. The number of hydrogen-bond donors (Lipinski definition) is 0. The highest BCUT2D eigenvalue weighted by Crippen LogP contribution is 2.39. The molecular weight excluding hydrogens is 202 g/mol. The Bertz CT molecular complexity index is 457. The summed E-state index contributed by atoms with van der Waals surface area (Å²) in [5.74, 6) is 1.12. The van der Waals surface area contributed by atoms with Crippen LogP contribution in [0, 0.1) is 5.92 Å². The van der Waals surface area contributed by atoms with Crippen molar-refractivity contribution in [3.63, 3.8) is 0 Å². The van der Waals surface area contributed by atoms with Crippen LogP contribution in [0.15, 0.2) is 47.4 Å². The molecule has 82 valence electrons. The molecule has 1 aliphatic carbocycles. The lowest BCUT2D eigenvalue weighted by molar-refractivity contribution is -0.113. The van der Waals surface area contributed by atoms with Gasteiger partial charge in [-0.25, -0.2) is 0 Å². The minimum absolute atomic E-state index is 0.255. The van der Waals surface area contributed by atoms with E-state index in [1.54, 1.807) is 0 Å². The van der Waals surface area contributed by atoms with Crippen LogP contribution in [0.2, 0.25) is 0 Å². The minimum atomic E-state index is -0.397. The summed E-state index contributed by atoms with van der Waals surface area (Å²) >= 11 is 0. The predicted molar refractivity (Wildman–Crippen MR) is 60.4 cm³/mol. The summed E-state index contributed by atoms with van der Waals surface area (Å²) in [5.41, 5.74) is 2.28. The van der Waals surface area contributed by atoms with E-state index in [9.17, 15) is 4.79 Å². The number of carbonyl (C=O) groups excluding carboxylic acids is 1. The van der Waals surface area contributed by atoms with Crippen LogP contribution in [0.3, 0.4) is 0 Å². The second kappa shape index (κ2) is 3.37. The van der Waals surface area contributed by atoms with Crippen molar-refractivity contribution in [1.29, 1.82) is 0 Å². The first-order valence-corrected chi connectivity index (χ1v) is 5.42. The second-order valence-corrected chi connectivity index (χ2v) is 4.31. The van der Waals surface area contributed by atoms with Gasteiger partial charge in [-0.05, 0) is 12.3 Å². The number of ether oxygens (including phenoxy) is 1. The molecule has 0 fully saturated rings. The van der Waals surface area contributed by atoms with E-state index in [0.717, 1.165) is 24.2 Å². The van der Waals surface area contributed by atoms with E-state index >= 15 is 0 Å². The molecule has 0 aromatic rings. The molecule has 2 atom stereocenters. The van der Waals surface area contributed by atoms with Gasteiger partial charge >= 0.3 is 0 Å². The fourth-order valence-corrected chi connectivity index (χ4v) is 2.46. The van der Waals surface area contributed by atoms with Crippen LogP contribution < -0.4 is 0 Å². The number of allylic oxidation sites excluding steroid dienone is 5. The van der Waals surface area contributed by atoms with Crippen molar-refractivity contribution >= 4 is 6.29 Å². The van der Waals surface area contributed by atoms with Crippen LogP contribution in [0.25, 0.3) is 0 Å². The molecular formula is C13H13NO2. The third kappa shape index (κ3) is 1.24. The number of nitrogens with zero attached hydrogens (tertiary/aromatic N) is 1. The van der Waals surface area contributed by atoms with Crippen molar-refractivity contribution in [3.8, 4) is 0 Å². The van der Waals surface area contributed by atoms with E-state index in [0.29, 0.717) is 0 Å². The zero-order chi connectivity index (χ0) is 11.1. The highest BCUT2D eigenvalue weighted by atomic mass is 16.5. The summed E-state index contributed by atoms with van der Waals surface area (Å²) in [6.07, 6.45) is 10.8. The third-order valence-corrected chi connectivity index (χ3v) is 3.20. The van der Waals surface area contributed by atoms with Crippen LogP contribution in [-0.2, 0) is 9.53 Å². The fraction of sp³-hybridized carbons (Fsp3) is 0.308. The molecule has 3 heteroatoms. The number of carbonyl (C=O) groups is 1. The molecule has 2 aliphatic heterocycles. The SMILES string of the molecule is CN1C=CC2C=CC=C3OC(C=O)C(=C32)C1. The molecule has 0 aromatic heterocycles. The quantitative estimate of drug-likeness (QED) is 0.619. The van der Waals surface area contributed by atoms with Crippen LogP contribution in [0.4, 0.5) is 0 Å². The molecule has 0 saturated carbocycles. The largest absolute Gasteiger partial charge is 0.478 e. The van der Waals surface area contributed by atoms with E-state index in [2.05, 4.69) is 23.3 Å². The molecule has 2 heterocycles. The fourth-order valence-electron chi connectivity index (χ4n) is 2.46. The Kier molecular flexibility index (Phi) is 1.99. The van der Waals surface area contributed by atoms with Crippen molar-refractivity contribution in [2.45, 2.75) is 6.10 Å². The van der Waals surface area contributed by atoms with Gasteiger partial charge in [-0.2, -0.15) is 0 Å². The van der Waals surface area contributed by atoms with Gasteiger partial charge in [0.1, 0.15) is 5.76 Å². The van der Waals surface area contributed by atoms with Crippen LogP contribution in [0.1, 0.15) is 0 Å². The summed E-state index contributed by atoms with van der Waals surface area (Å²) < 4.78 is 5.64. The summed E-state index contributed by atoms with van der Waals surface area (Å²) in [4.78, 5) is 13.1. The van der Waals surface area contributed by atoms with E-state index < -0.39 is 6.10 Å². The topological polar surface area (TPSA) is 29.5 Å². The van der Waals surface area contributed by atoms with Crippen molar-refractivity contribution in [1.82, 2.24) is 4.90 Å². The first-order valence-electron chi connectivity index (χ1n) is 5.42. The van der Waals surface area contributed by atoms with Crippen LogP contribution in [-0.4, -0.2) is 30.9 Å². The molecule has 0 aromatic carbocycles. The highest BCUT2D eigenvalue weighted by molar-refractivity contribution is 5.68. The zero-order valence-electron chi connectivity index (χ0n) is 9.09. The van der Waals surface area contributed by atoms with E-state index in [-0.39, 0.29) is 5.92 Å². The van der Waals surface area contributed by atoms with Gasteiger partial charge in [0.05, 0.1) is 0 Å². The van der Waals surface area contributed by atoms with Gasteiger partial charge in [0.15, 0.2) is 12.4 Å². The maximum atomic E-state index is 11.0. The monoisotopic (exact) mass is 215 g/mol. The summed E-state index contributed by atoms with van der Waals surface area (Å²) in [6.45, 7) is 0.761. The lowest BCUT2D eigenvalue weighted by atomic mass is 9.90. The van der Waals surface area contributed by atoms with Gasteiger partial charge in [-0.1, -0.05) is 18.2 Å². The van der Waals surface area contributed by atoms with Crippen molar-refractivity contribution in [3.05, 3.63) is 47.4 Å². The molecule has 0 saturated heterocycles. The molecule has 0 N–H and O–H groups in total. The normalized spacial score (nSPS) is 30.8. The Morgan fingerprint density at radius 2 is 2.38 bits per heavy atom. The average molecular weight is 215 g/mol. The third-order valence-electron chi connectivity index (χ3n) is 3.20. The van der Waals surface area contributed by atoms with Gasteiger partial charge in [0.2, 0.25) is 0 Å². The van der Waals surface area contributed by atoms with E-state index in [1.807, 2.05) is 19.2 Å². The Balaban J connectivity index is 2.13. The Morgan fingerprint density at radius 3 is 3.19 bits per heavy atom. The van der Waals surface area contributed by atoms with Gasteiger partial charge < -0.3 is 9.64 Å². The zero-order valence-corrected chi connectivity index (χ0v) is 9.09. The Morgan fingerprint density at radius 1 is 1.50 bits per heavy atom. The molecule has 16 heavy (non-hydrogen) atoms. The maximum Gasteiger partial charge on any atom is 0.177 e. The molecule has 3 rings (SSSR count). The number of likely N-dealkylation sites (N-methyl/N-ethyl adjacent to an activating group) is 1. The Labute approximate surface area is 94.4 Å². The predicted octanol–water partition coefficient (Wildman–Crippen LogP) is 1.41. The number of rotatable bonds is 1. The summed E-state index contributed by atoms with van der Waals surface area (Å²) in [6, 6.07) is 0. The molecule has 3 nitrogen and oxygen atoms in total. The lowest BCUT2D eigenvalue weighted by Crippen LogP contribution is -2.21. The minimum Gasteiger partial charge on any atom is -0.478 e. The number of hydrogen-bond acceptors (Lipinski definition) is 3. The van der Waals surface area contributed by atoms with Gasteiger partial charge in [0.25, 0.3) is 0 Å². The van der Waals surface area contributed by atoms with Gasteiger partial charge in [-0.3, -0.25) is 4.79 Å². The smallest absolute Gasteiger partial charge is 0.177 e. The van der Waals surface area contributed by atoms with Crippen molar-refractivity contribution in [2.75, 3.05) is 13.6 Å².